The normalized spacial score (nSPS) is 36.2. The van der Waals surface area contributed by atoms with E-state index in [1.807, 2.05) is 0 Å². The Morgan fingerprint density at radius 1 is 1.05 bits per heavy atom. The van der Waals surface area contributed by atoms with Crippen molar-refractivity contribution in [2.75, 3.05) is 19.4 Å². The fourth-order valence-corrected chi connectivity index (χ4v) is 10.6. The van der Waals surface area contributed by atoms with E-state index in [-0.39, 0.29) is 30.7 Å². The monoisotopic (exact) mass is 608 g/mol. The van der Waals surface area contributed by atoms with Crippen LogP contribution in [0.15, 0.2) is 11.6 Å². The summed E-state index contributed by atoms with van der Waals surface area (Å²) in [7, 11) is -4.08. The average molecular weight is 609 g/mol. The van der Waals surface area contributed by atoms with Crippen molar-refractivity contribution < 1.29 is 33.0 Å². The van der Waals surface area contributed by atoms with Gasteiger partial charge >= 0.3 is 19.5 Å². The molecule has 7 nitrogen and oxygen atoms in total. The molecule has 8 heteroatoms. The lowest BCUT2D eigenvalue weighted by molar-refractivity contribution is -0.151. The fourth-order valence-electron chi connectivity index (χ4n) is 9.65. The minimum atomic E-state index is -4.08. The first kappa shape index (κ1) is 33.7. The predicted molar refractivity (Wildman–Crippen MR) is 165 cm³/mol. The van der Waals surface area contributed by atoms with Crippen molar-refractivity contribution in [3.05, 3.63) is 11.6 Å². The van der Waals surface area contributed by atoms with Crippen LogP contribution in [0.2, 0.25) is 0 Å². The lowest BCUT2D eigenvalue weighted by atomic mass is 9.47. The van der Waals surface area contributed by atoms with E-state index in [1.54, 1.807) is 6.92 Å². The molecule has 0 amide bonds. The number of hydrogen-bond donors (Lipinski definition) is 1. The van der Waals surface area contributed by atoms with Crippen LogP contribution in [0.3, 0.4) is 0 Å². The van der Waals surface area contributed by atoms with E-state index in [0.717, 1.165) is 55.3 Å². The molecule has 0 aromatic rings. The molecule has 0 radical (unpaired) electrons. The zero-order valence-electron chi connectivity index (χ0n) is 27.1. The third-order valence-electron chi connectivity index (χ3n) is 11.8. The predicted octanol–water partition coefficient (Wildman–Crippen LogP) is 8.09. The smallest absolute Gasteiger partial charge is 0.332 e. The Hall–Kier alpha value is -1.17. The molecule has 1 N–H and O–H groups in total. The molecule has 3 saturated carbocycles. The summed E-state index contributed by atoms with van der Waals surface area (Å²) in [6.45, 7) is 13.5. The van der Waals surface area contributed by atoms with Gasteiger partial charge in [-0.3, -0.25) is 13.9 Å². The molecular formula is C34H57O7P. The van der Waals surface area contributed by atoms with Gasteiger partial charge in [-0.05, 0) is 98.2 Å². The zero-order chi connectivity index (χ0) is 30.7. The maximum absolute atomic E-state index is 12.6. The first-order valence-electron chi connectivity index (χ1n) is 16.8. The molecule has 240 valence electrons. The second-order valence-electron chi connectivity index (χ2n) is 14.8. The van der Waals surface area contributed by atoms with Gasteiger partial charge in [0.25, 0.3) is 0 Å². The van der Waals surface area contributed by atoms with Crippen LogP contribution < -0.4 is 0 Å². The molecule has 0 aromatic heterocycles. The SMILES string of the molecule is CCOC(=O)COP(=O)(O)CCC(=O)O[C@H]1CC[C@@]2(C)C(=CC[C@H]3C4CCC([C@H](C)CCCC(C)C)[C@@]4(C)CCC32)C1. The number of carbonyl (C=O) groups excluding carboxylic acids is 2. The first-order valence-corrected chi connectivity index (χ1v) is 18.6. The van der Waals surface area contributed by atoms with Crippen LogP contribution in [0.4, 0.5) is 0 Å². The number of carbonyl (C=O) groups is 2. The van der Waals surface area contributed by atoms with E-state index >= 15 is 0 Å². The summed E-state index contributed by atoms with van der Waals surface area (Å²) in [6.07, 6.45) is 15.0. The van der Waals surface area contributed by atoms with Gasteiger partial charge in [0.1, 0.15) is 6.10 Å². The lowest BCUT2D eigenvalue weighted by Crippen LogP contribution is -2.51. The van der Waals surface area contributed by atoms with E-state index in [0.29, 0.717) is 11.3 Å². The van der Waals surface area contributed by atoms with Gasteiger partial charge in [0.2, 0.25) is 0 Å². The van der Waals surface area contributed by atoms with E-state index < -0.39 is 26.1 Å². The number of allylic oxidation sites excluding steroid dienone is 1. The second-order valence-corrected chi connectivity index (χ2v) is 16.8. The van der Waals surface area contributed by atoms with Gasteiger partial charge < -0.3 is 14.4 Å². The molecule has 4 aliphatic carbocycles. The van der Waals surface area contributed by atoms with Gasteiger partial charge in [-0.15, -0.1) is 0 Å². The van der Waals surface area contributed by atoms with Crippen molar-refractivity contribution in [3.8, 4) is 0 Å². The molecule has 3 fully saturated rings. The molecule has 4 unspecified atom stereocenters. The van der Waals surface area contributed by atoms with Crippen LogP contribution in [0.1, 0.15) is 119 Å². The molecular weight excluding hydrogens is 551 g/mol. The highest BCUT2D eigenvalue weighted by Gasteiger charge is 2.59. The van der Waals surface area contributed by atoms with E-state index in [2.05, 4.69) is 40.7 Å². The number of fused-ring (bicyclic) bond motifs is 5. The van der Waals surface area contributed by atoms with Gasteiger partial charge in [0.15, 0.2) is 6.61 Å². The van der Waals surface area contributed by atoms with Crippen molar-refractivity contribution in [1.29, 1.82) is 0 Å². The standard InChI is InChI=1S/C34H57O7P/c1-7-39-32(36)22-40-42(37,38)20-17-31(35)41-26-15-18-33(5)25(21-26)11-12-27-29-14-13-28(24(4)10-8-9-23(2)3)34(29,6)19-16-30(27)33/h11,23-24,26-30H,7-10,12-22H2,1-6H3,(H,37,38)/t24-,26+,27+,28?,29?,30?,33+,34-/m1/s1. The summed E-state index contributed by atoms with van der Waals surface area (Å²) in [5.74, 6) is 3.56. The highest BCUT2D eigenvalue weighted by Crippen LogP contribution is 2.67. The Labute approximate surface area is 254 Å². The summed E-state index contributed by atoms with van der Waals surface area (Å²) in [5, 5.41) is 0. The maximum atomic E-state index is 12.6. The molecule has 0 aromatic carbocycles. The van der Waals surface area contributed by atoms with Gasteiger partial charge in [-0.1, -0.05) is 65.5 Å². The Morgan fingerprint density at radius 2 is 1.81 bits per heavy atom. The summed E-state index contributed by atoms with van der Waals surface area (Å²) < 4.78 is 27.5. The van der Waals surface area contributed by atoms with E-state index in [9.17, 15) is 19.0 Å². The largest absolute Gasteiger partial charge is 0.464 e. The third kappa shape index (κ3) is 7.54. The van der Waals surface area contributed by atoms with Gasteiger partial charge in [-0.25, -0.2) is 4.79 Å². The number of hydrogen-bond acceptors (Lipinski definition) is 6. The van der Waals surface area contributed by atoms with Crippen molar-refractivity contribution in [2.45, 2.75) is 125 Å². The van der Waals surface area contributed by atoms with Crippen molar-refractivity contribution in [1.82, 2.24) is 0 Å². The van der Waals surface area contributed by atoms with Crippen LogP contribution in [0.5, 0.6) is 0 Å². The van der Waals surface area contributed by atoms with Gasteiger partial charge in [0, 0.05) is 6.42 Å². The molecule has 4 aliphatic rings. The maximum Gasteiger partial charge on any atom is 0.332 e. The minimum Gasteiger partial charge on any atom is -0.464 e. The Morgan fingerprint density at radius 3 is 2.52 bits per heavy atom. The zero-order valence-corrected chi connectivity index (χ0v) is 28.0. The number of esters is 2. The Kier molecular flexibility index (Phi) is 11.1. The van der Waals surface area contributed by atoms with Gasteiger partial charge in [-0.2, -0.15) is 0 Å². The van der Waals surface area contributed by atoms with E-state index in [1.165, 1.54) is 50.5 Å². The van der Waals surface area contributed by atoms with Crippen LogP contribution >= 0.6 is 7.60 Å². The number of rotatable bonds is 13. The molecule has 4 rings (SSSR count). The first-order chi connectivity index (χ1) is 19.8. The number of ether oxygens (including phenoxy) is 2. The average Bonchev–Trinajstić information content (AvgIpc) is 3.28. The molecule has 42 heavy (non-hydrogen) atoms. The molecule has 0 heterocycles. The summed E-state index contributed by atoms with van der Waals surface area (Å²) >= 11 is 0. The van der Waals surface area contributed by atoms with Crippen LogP contribution in [-0.2, 0) is 28.2 Å². The fraction of sp³-hybridized carbons (Fsp3) is 0.882. The van der Waals surface area contributed by atoms with Crippen molar-refractivity contribution in [3.63, 3.8) is 0 Å². The van der Waals surface area contributed by atoms with Gasteiger partial charge in [0.05, 0.1) is 19.2 Å². The molecule has 0 bridgehead atoms. The summed E-state index contributed by atoms with van der Waals surface area (Å²) in [4.78, 5) is 34.0. The van der Waals surface area contributed by atoms with Crippen LogP contribution in [0.25, 0.3) is 0 Å². The minimum absolute atomic E-state index is 0.168. The molecule has 0 spiro atoms. The van der Waals surface area contributed by atoms with Crippen LogP contribution in [0, 0.1) is 46.3 Å². The van der Waals surface area contributed by atoms with Crippen molar-refractivity contribution >= 4 is 19.5 Å². The molecule has 9 atom stereocenters. The Balaban J connectivity index is 1.31. The van der Waals surface area contributed by atoms with E-state index in [4.69, 9.17) is 14.0 Å². The summed E-state index contributed by atoms with van der Waals surface area (Å²) in [6, 6.07) is 0. The molecule has 0 aliphatic heterocycles. The third-order valence-corrected chi connectivity index (χ3v) is 13.2. The van der Waals surface area contributed by atoms with Crippen molar-refractivity contribution in [2.24, 2.45) is 46.3 Å². The Bertz CT molecular complexity index is 1040. The lowest BCUT2D eigenvalue weighted by Gasteiger charge is -2.58. The topological polar surface area (TPSA) is 99.1 Å². The highest BCUT2D eigenvalue weighted by molar-refractivity contribution is 7.52. The van der Waals surface area contributed by atoms with Crippen LogP contribution in [-0.4, -0.2) is 42.3 Å². The second kappa shape index (κ2) is 13.9. The summed E-state index contributed by atoms with van der Waals surface area (Å²) in [5.41, 5.74) is 2.10. The molecule has 0 saturated heterocycles. The highest BCUT2D eigenvalue weighted by atomic mass is 31.2. The quantitative estimate of drug-likeness (QED) is 0.128.